The molecule has 6 heteroatoms. The number of amides is 1. The fourth-order valence-electron chi connectivity index (χ4n) is 2.57. The summed E-state index contributed by atoms with van der Waals surface area (Å²) in [6.45, 7) is 10.9. The summed E-state index contributed by atoms with van der Waals surface area (Å²) in [5.74, 6) is 0.224. The van der Waals surface area contributed by atoms with Crippen molar-refractivity contribution in [2.45, 2.75) is 91.1 Å². The van der Waals surface area contributed by atoms with Crippen molar-refractivity contribution in [1.82, 2.24) is 5.32 Å². The number of esters is 1. The van der Waals surface area contributed by atoms with Crippen molar-refractivity contribution in [3.8, 4) is 5.75 Å². The molecule has 0 spiro atoms. The monoisotopic (exact) mass is 393 g/mol. The number of unbranched alkanes of at least 4 members (excludes halogenated alkanes) is 2. The second-order valence-electron chi connectivity index (χ2n) is 7.98. The van der Waals surface area contributed by atoms with E-state index in [9.17, 15) is 9.59 Å². The number of hydrogen-bond acceptors (Lipinski definition) is 5. The number of alkyl carbamates (subject to hydrolysis) is 1. The highest BCUT2D eigenvalue weighted by Gasteiger charge is 2.27. The van der Waals surface area contributed by atoms with Crippen LogP contribution in [-0.4, -0.2) is 35.9 Å². The minimum absolute atomic E-state index is 0.308. The van der Waals surface area contributed by atoms with Crippen LogP contribution >= 0.6 is 0 Å². The van der Waals surface area contributed by atoms with Gasteiger partial charge in [0, 0.05) is 0 Å². The Labute approximate surface area is 168 Å². The molecule has 0 aliphatic rings. The Morgan fingerprint density at radius 3 is 2.29 bits per heavy atom. The molecule has 0 fully saturated rings. The third-order valence-electron chi connectivity index (χ3n) is 4.04. The van der Waals surface area contributed by atoms with Gasteiger partial charge in [-0.3, -0.25) is 0 Å². The smallest absolute Gasteiger partial charge is 0.408 e. The SMILES string of the molecule is CCCCC[C@H](OC(=O)[C@H](C)NC(=O)OC(C)(C)C)[C@@H](C)Oc1ccccc1. The zero-order chi connectivity index (χ0) is 21.2. The normalized spacial score (nSPS) is 14.5. The maximum Gasteiger partial charge on any atom is 0.408 e. The van der Waals surface area contributed by atoms with Crippen LogP contribution in [0.2, 0.25) is 0 Å². The van der Waals surface area contributed by atoms with Crippen LogP contribution in [0.4, 0.5) is 4.79 Å². The van der Waals surface area contributed by atoms with Gasteiger partial charge in [0.15, 0.2) is 0 Å². The molecule has 0 saturated carbocycles. The van der Waals surface area contributed by atoms with Crippen molar-refractivity contribution in [3.05, 3.63) is 30.3 Å². The number of hydrogen-bond donors (Lipinski definition) is 1. The largest absolute Gasteiger partial charge is 0.487 e. The van der Waals surface area contributed by atoms with E-state index in [2.05, 4.69) is 12.2 Å². The summed E-state index contributed by atoms with van der Waals surface area (Å²) in [6, 6.07) is 8.63. The highest BCUT2D eigenvalue weighted by atomic mass is 16.6. The van der Waals surface area contributed by atoms with Crippen molar-refractivity contribution >= 4 is 12.1 Å². The average molecular weight is 394 g/mol. The van der Waals surface area contributed by atoms with E-state index in [1.807, 2.05) is 37.3 Å². The van der Waals surface area contributed by atoms with E-state index in [4.69, 9.17) is 14.2 Å². The zero-order valence-electron chi connectivity index (χ0n) is 18.0. The van der Waals surface area contributed by atoms with Crippen LogP contribution in [0.3, 0.4) is 0 Å². The topological polar surface area (TPSA) is 73.9 Å². The molecule has 0 heterocycles. The molecule has 158 valence electrons. The predicted octanol–water partition coefficient (Wildman–Crippen LogP) is 4.86. The fourth-order valence-corrected chi connectivity index (χ4v) is 2.57. The Morgan fingerprint density at radius 2 is 1.71 bits per heavy atom. The van der Waals surface area contributed by atoms with Crippen molar-refractivity contribution in [1.29, 1.82) is 0 Å². The van der Waals surface area contributed by atoms with Gasteiger partial charge in [-0.15, -0.1) is 0 Å². The molecule has 0 radical (unpaired) electrons. The molecule has 3 atom stereocenters. The molecule has 0 saturated heterocycles. The molecule has 1 N–H and O–H groups in total. The zero-order valence-corrected chi connectivity index (χ0v) is 18.0. The average Bonchev–Trinajstić information content (AvgIpc) is 2.59. The lowest BCUT2D eigenvalue weighted by atomic mass is 10.1. The van der Waals surface area contributed by atoms with Crippen LogP contribution < -0.4 is 10.1 Å². The molecule has 6 nitrogen and oxygen atoms in total. The van der Waals surface area contributed by atoms with E-state index in [0.29, 0.717) is 6.42 Å². The first-order valence-electron chi connectivity index (χ1n) is 10.0. The lowest BCUT2D eigenvalue weighted by molar-refractivity contribution is -0.156. The van der Waals surface area contributed by atoms with E-state index in [1.165, 1.54) is 0 Å². The van der Waals surface area contributed by atoms with Gasteiger partial charge >= 0.3 is 12.1 Å². The third kappa shape index (κ3) is 9.62. The summed E-state index contributed by atoms with van der Waals surface area (Å²) < 4.78 is 16.8. The molecule has 1 aromatic carbocycles. The van der Waals surface area contributed by atoms with Crippen molar-refractivity contribution < 1.29 is 23.8 Å². The molecule has 1 amide bonds. The molecule has 0 unspecified atom stereocenters. The molecule has 1 aromatic rings. The Balaban J connectivity index is 2.67. The van der Waals surface area contributed by atoms with Gasteiger partial charge in [-0.05, 0) is 59.6 Å². The van der Waals surface area contributed by atoms with Gasteiger partial charge in [-0.2, -0.15) is 0 Å². The number of para-hydroxylation sites is 1. The highest BCUT2D eigenvalue weighted by molar-refractivity contribution is 5.81. The summed E-state index contributed by atoms with van der Waals surface area (Å²) in [4.78, 5) is 24.4. The summed E-state index contributed by atoms with van der Waals surface area (Å²) in [5.41, 5.74) is -0.631. The Kier molecular flexibility index (Phi) is 9.83. The van der Waals surface area contributed by atoms with Gasteiger partial charge in [0.2, 0.25) is 0 Å². The number of nitrogens with one attached hydrogen (secondary N) is 1. The quantitative estimate of drug-likeness (QED) is 0.454. The third-order valence-corrected chi connectivity index (χ3v) is 4.04. The molecule has 0 aromatic heterocycles. The standard InChI is InChI=1S/C22H35NO5/c1-7-8-10-15-19(17(3)26-18-13-11-9-12-14-18)27-20(24)16(2)23-21(25)28-22(4,5)6/h9,11-14,16-17,19H,7-8,10,15H2,1-6H3,(H,23,25)/t16-,17+,19-/m0/s1. The van der Waals surface area contributed by atoms with E-state index in [0.717, 1.165) is 25.0 Å². The van der Waals surface area contributed by atoms with Gasteiger partial charge in [-0.25, -0.2) is 9.59 Å². The summed E-state index contributed by atoms with van der Waals surface area (Å²) >= 11 is 0. The summed E-state index contributed by atoms with van der Waals surface area (Å²) in [6.07, 6.45) is 2.41. The number of carbonyl (C=O) groups is 2. The first kappa shape index (κ1) is 23.8. The summed E-state index contributed by atoms with van der Waals surface area (Å²) in [7, 11) is 0. The van der Waals surface area contributed by atoms with Crippen molar-refractivity contribution in [3.63, 3.8) is 0 Å². The van der Waals surface area contributed by atoms with Gasteiger partial charge in [-0.1, -0.05) is 38.0 Å². The maximum atomic E-state index is 12.5. The molecule has 0 aliphatic heterocycles. The number of rotatable bonds is 10. The number of ether oxygens (including phenoxy) is 3. The van der Waals surface area contributed by atoms with Gasteiger partial charge in [0.05, 0.1) is 0 Å². The lowest BCUT2D eigenvalue weighted by Gasteiger charge is -2.27. The summed E-state index contributed by atoms with van der Waals surface area (Å²) in [5, 5.41) is 2.52. The second kappa shape index (κ2) is 11.6. The Bertz CT molecular complexity index is 597. The van der Waals surface area contributed by atoms with E-state index >= 15 is 0 Å². The first-order chi connectivity index (χ1) is 13.1. The maximum absolute atomic E-state index is 12.5. The van der Waals surface area contributed by atoms with Gasteiger partial charge in [0.25, 0.3) is 0 Å². The van der Waals surface area contributed by atoms with Crippen LogP contribution in [0.5, 0.6) is 5.75 Å². The van der Waals surface area contributed by atoms with Crippen molar-refractivity contribution in [2.75, 3.05) is 0 Å². The fraction of sp³-hybridized carbons (Fsp3) is 0.636. The molecule has 1 rings (SSSR count). The van der Waals surface area contributed by atoms with Gasteiger partial charge in [0.1, 0.15) is 29.6 Å². The van der Waals surface area contributed by atoms with Crippen LogP contribution in [0.25, 0.3) is 0 Å². The van der Waals surface area contributed by atoms with Gasteiger partial charge < -0.3 is 19.5 Å². The lowest BCUT2D eigenvalue weighted by Crippen LogP contribution is -2.45. The molecular formula is C22H35NO5. The van der Waals surface area contributed by atoms with E-state index in [-0.39, 0.29) is 6.10 Å². The Hall–Kier alpha value is -2.24. The van der Waals surface area contributed by atoms with E-state index < -0.39 is 29.8 Å². The van der Waals surface area contributed by atoms with Crippen LogP contribution in [0.1, 0.15) is 67.2 Å². The first-order valence-corrected chi connectivity index (χ1v) is 10.0. The predicted molar refractivity (Wildman–Crippen MR) is 109 cm³/mol. The molecular weight excluding hydrogens is 358 g/mol. The molecule has 0 aliphatic carbocycles. The number of carbonyl (C=O) groups excluding carboxylic acids is 2. The van der Waals surface area contributed by atoms with Crippen LogP contribution in [0, 0.1) is 0 Å². The minimum atomic E-state index is -0.813. The van der Waals surface area contributed by atoms with Crippen molar-refractivity contribution in [2.24, 2.45) is 0 Å². The number of benzene rings is 1. The molecule has 28 heavy (non-hydrogen) atoms. The minimum Gasteiger partial charge on any atom is -0.487 e. The van der Waals surface area contributed by atoms with Crippen LogP contribution in [0.15, 0.2) is 30.3 Å². The van der Waals surface area contributed by atoms with E-state index in [1.54, 1.807) is 27.7 Å². The second-order valence-corrected chi connectivity index (χ2v) is 7.98. The Morgan fingerprint density at radius 1 is 1.07 bits per heavy atom. The van der Waals surface area contributed by atoms with Crippen LogP contribution in [-0.2, 0) is 14.3 Å². The molecule has 0 bridgehead atoms. The highest BCUT2D eigenvalue weighted by Crippen LogP contribution is 2.18.